The minimum absolute atomic E-state index is 0.341. The van der Waals surface area contributed by atoms with Crippen LogP contribution in [0.4, 0.5) is 15.8 Å². The number of amides is 1. The van der Waals surface area contributed by atoms with Crippen molar-refractivity contribution in [3.8, 4) is 0 Å². The number of halogens is 2. The standard InChI is InChI=1S/C25H22ClFN2O4S/c26-22-13-18(29-24(32)20(14-23(30)31)15-1-5-17(28)6-2-15)7-10-21(22)25(11-12-25)34(33)19-8-3-16(27)4-9-19/h1-10,13,20H,11-12,14,28H2,(H,29,32)(H,30,31). The molecule has 4 rings (SSSR count). The van der Waals surface area contributed by atoms with E-state index in [4.69, 9.17) is 17.3 Å². The van der Waals surface area contributed by atoms with Crippen LogP contribution in [-0.4, -0.2) is 21.2 Å². The number of anilines is 2. The summed E-state index contributed by atoms with van der Waals surface area (Å²) >= 11 is 6.54. The molecular formula is C25H22ClFN2O4S. The van der Waals surface area contributed by atoms with Crippen molar-refractivity contribution in [2.75, 3.05) is 11.1 Å². The maximum atomic E-state index is 13.3. The molecule has 0 saturated heterocycles. The van der Waals surface area contributed by atoms with E-state index in [1.54, 1.807) is 42.5 Å². The van der Waals surface area contributed by atoms with Crippen LogP contribution in [0.5, 0.6) is 0 Å². The van der Waals surface area contributed by atoms with Crippen molar-refractivity contribution in [2.45, 2.75) is 34.8 Å². The summed E-state index contributed by atoms with van der Waals surface area (Å²) in [5.41, 5.74) is 7.82. The predicted octanol–water partition coefficient (Wildman–Crippen LogP) is 5.06. The van der Waals surface area contributed by atoms with Gasteiger partial charge in [0.25, 0.3) is 0 Å². The lowest BCUT2D eigenvalue weighted by atomic mass is 9.94. The molecule has 2 unspecified atom stereocenters. The zero-order valence-electron chi connectivity index (χ0n) is 18.0. The molecule has 1 aliphatic rings. The van der Waals surface area contributed by atoms with Crippen LogP contribution in [0, 0.1) is 5.82 Å². The molecule has 9 heteroatoms. The van der Waals surface area contributed by atoms with E-state index < -0.39 is 39.2 Å². The van der Waals surface area contributed by atoms with Gasteiger partial charge in [0.05, 0.1) is 27.9 Å². The van der Waals surface area contributed by atoms with Crippen molar-refractivity contribution in [1.29, 1.82) is 0 Å². The van der Waals surface area contributed by atoms with Gasteiger partial charge in [-0.15, -0.1) is 0 Å². The number of carbonyl (C=O) groups is 2. The Balaban J connectivity index is 1.55. The number of rotatable bonds is 8. The number of nitrogens with two attached hydrogens (primary N) is 1. The van der Waals surface area contributed by atoms with E-state index in [2.05, 4.69) is 5.32 Å². The van der Waals surface area contributed by atoms with E-state index in [1.807, 2.05) is 0 Å². The highest BCUT2D eigenvalue weighted by molar-refractivity contribution is 7.86. The minimum atomic E-state index is -1.42. The second kappa shape index (κ2) is 9.56. The van der Waals surface area contributed by atoms with E-state index >= 15 is 0 Å². The summed E-state index contributed by atoms with van der Waals surface area (Å²) in [6.45, 7) is 0. The number of carboxylic acids is 1. The van der Waals surface area contributed by atoms with Gasteiger partial charge in [-0.25, -0.2) is 4.39 Å². The Morgan fingerprint density at radius 2 is 1.74 bits per heavy atom. The first kappa shape index (κ1) is 23.9. The van der Waals surface area contributed by atoms with Crippen LogP contribution in [0.15, 0.2) is 71.6 Å². The molecule has 0 heterocycles. The minimum Gasteiger partial charge on any atom is -0.481 e. The summed E-state index contributed by atoms with van der Waals surface area (Å²) in [6, 6.07) is 17.0. The zero-order valence-corrected chi connectivity index (χ0v) is 19.5. The summed E-state index contributed by atoms with van der Waals surface area (Å²) in [5.74, 6) is -2.92. The first-order valence-electron chi connectivity index (χ1n) is 10.6. The number of carbonyl (C=O) groups excluding carboxylic acids is 1. The van der Waals surface area contributed by atoms with Crippen molar-refractivity contribution >= 4 is 45.7 Å². The molecule has 34 heavy (non-hydrogen) atoms. The molecule has 0 spiro atoms. The molecule has 1 aliphatic carbocycles. The van der Waals surface area contributed by atoms with E-state index in [1.165, 1.54) is 24.3 Å². The molecule has 176 valence electrons. The summed E-state index contributed by atoms with van der Waals surface area (Å²) in [7, 11) is -1.42. The predicted molar refractivity (Wildman–Crippen MR) is 130 cm³/mol. The van der Waals surface area contributed by atoms with Gasteiger partial charge in [0.1, 0.15) is 5.82 Å². The second-order valence-electron chi connectivity index (χ2n) is 8.22. The van der Waals surface area contributed by atoms with Gasteiger partial charge in [0, 0.05) is 21.3 Å². The number of nitrogen functional groups attached to an aromatic ring is 1. The highest BCUT2D eigenvalue weighted by atomic mass is 35.5. The van der Waals surface area contributed by atoms with Crippen LogP contribution in [0.25, 0.3) is 0 Å². The number of carboxylic acid groups (broad SMARTS) is 1. The molecule has 1 amide bonds. The summed E-state index contributed by atoms with van der Waals surface area (Å²) in [5, 5.41) is 12.4. The number of nitrogens with one attached hydrogen (secondary N) is 1. The van der Waals surface area contributed by atoms with Crippen molar-refractivity contribution in [1.82, 2.24) is 0 Å². The van der Waals surface area contributed by atoms with Crippen LogP contribution in [0.1, 0.15) is 36.3 Å². The third-order valence-electron chi connectivity index (χ3n) is 5.85. The fourth-order valence-corrected chi connectivity index (χ4v) is 6.01. The molecule has 2 atom stereocenters. The molecule has 1 saturated carbocycles. The zero-order chi connectivity index (χ0) is 24.5. The van der Waals surface area contributed by atoms with Gasteiger partial charge >= 0.3 is 5.97 Å². The average molecular weight is 501 g/mol. The van der Waals surface area contributed by atoms with Crippen molar-refractivity contribution in [3.05, 3.63) is 88.7 Å². The van der Waals surface area contributed by atoms with Gasteiger partial charge in [0.2, 0.25) is 5.91 Å². The van der Waals surface area contributed by atoms with Crippen LogP contribution >= 0.6 is 11.6 Å². The maximum absolute atomic E-state index is 13.3. The fraction of sp³-hybridized carbons (Fsp3) is 0.200. The normalized spacial score (nSPS) is 15.8. The summed E-state index contributed by atoms with van der Waals surface area (Å²) in [4.78, 5) is 24.8. The molecule has 1 fully saturated rings. The summed E-state index contributed by atoms with van der Waals surface area (Å²) < 4.78 is 25.8. The number of hydrogen-bond donors (Lipinski definition) is 3. The molecular weight excluding hydrogens is 479 g/mol. The lowest BCUT2D eigenvalue weighted by Crippen LogP contribution is -2.24. The van der Waals surface area contributed by atoms with Gasteiger partial charge in [0.15, 0.2) is 0 Å². The lowest BCUT2D eigenvalue weighted by molar-refractivity contribution is -0.139. The topological polar surface area (TPSA) is 109 Å². The molecule has 3 aromatic carbocycles. The third-order valence-corrected chi connectivity index (χ3v) is 8.20. The van der Waals surface area contributed by atoms with Crippen LogP contribution < -0.4 is 11.1 Å². The highest BCUT2D eigenvalue weighted by Gasteiger charge is 2.51. The van der Waals surface area contributed by atoms with Crippen LogP contribution in [0.2, 0.25) is 5.02 Å². The Hall–Kier alpha value is -3.23. The molecule has 0 radical (unpaired) electrons. The van der Waals surface area contributed by atoms with Crippen molar-refractivity contribution in [2.24, 2.45) is 0 Å². The number of aliphatic carboxylic acids is 1. The second-order valence-corrected chi connectivity index (χ2v) is 10.4. The fourth-order valence-electron chi connectivity index (χ4n) is 3.91. The first-order valence-corrected chi connectivity index (χ1v) is 12.1. The van der Waals surface area contributed by atoms with Crippen LogP contribution in [-0.2, 0) is 25.1 Å². The van der Waals surface area contributed by atoms with Gasteiger partial charge in [-0.1, -0.05) is 29.8 Å². The van der Waals surface area contributed by atoms with Crippen molar-refractivity contribution in [3.63, 3.8) is 0 Å². The van der Waals surface area contributed by atoms with E-state index in [0.29, 0.717) is 45.3 Å². The molecule has 0 aliphatic heterocycles. The van der Waals surface area contributed by atoms with Crippen LogP contribution in [0.3, 0.4) is 0 Å². The molecule has 4 N–H and O–H groups in total. The van der Waals surface area contributed by atoms with E-state index in [9.17, 15) is 23.3 Å². The summed E-state index contributed by atoms with van der Waals surface area (Å²) in [6.07, 6.45) is 0.946. The first-order chi connectivity index (χ1) is 16.2. The van der Waals surface area contributed by atoms with E-state index in [0.717, 1.165) is 0 Å². The quantitative estimate of drug-likeness (QED) is 0.375. The Morgan fingerprint density at radius 1 is 1.09 bits per heavy atom. The largest absolute Gasteiger partial charge is 0.481 e. The number of benzene rings is 3. The van der Waals surface area contributed by atoms with Gasteiger partial charge in [-0.05, 0) is 72.5 Å². The highest BCUT2D eigenvalue weighted by Crippen LogP contribution is 2.55. The van der Waals surface area contributed by atoms with Crippen molar-refractivity contribution < 1.29 is 23.3 Å². The molecule has 0 bridgehead atoms. The van der Waals surface area contributed by atoms with Gasteiger partial charge < -0.3 is 16.2 Å². The Labute approximate surface area is 203 Å². The Bertz CT molecular complexity index is 1260. The van der Waals surface area contributed by atoms with E-state index in [-0.39, 0.29) is 6.42 Å². The third kappa shape index (κ3) is 4.98. The number of hydrogen-bond acceptors (Lipinski definition) is 4. The Morgan fingerprint density at radius 3 is 2.29 bits per heavy atom. The lowest BCUT2D eigenvalue weighted by Gasteiger charge is -2.19. The average Bonchev–Trinajstić information content (AvgIpc) is 3.60. The smallest absolute Gasteiger partial charge is 0.304 e. The Kier molecular flexibility index (Phi) is 6.72. The maximum Gasteiger partial charge on any atom is 0.304 e. The molecule has 6 nitrogen and oxygen atoms in total. The van der Waals surface area contributed by atoms with Gasteiger partial charge in [-0.3, -0.25) is 13.8 Å². The van der Waals surface area contributed by atoms with Gasteiger partial charge in [-0.2, -0.15) is 0 Å². The molecule has 3 aromatic rings. The molecule has 0 aromatic heterocycles. The SMILES string of the molecule is Nc1ccc(C(CC(=O)O)C(=O)Nc2ccc(C3(S(=O)c4ccc(F)cc4)CC3)c(Cl)c2)cc1. The monoisotopic (exact) mass is 500 g/mol.